The molecule has 0 aromatic carbocycles. The average molecular weight is 263 g/mol. The van der Waals surface area contributed by atoms with Crippen molar-refractivity contribution in [1.29, 1.82) is 0 Å². The summed E-state index contributed by atoms with van der Waals surface area (Å²) < 4.78 is 0. The fourth-order valence-electron chi connectivity index (χ4n) is 1.48. The Morgan fingerprint density at radius 1 is 1.56 bits per heavy atom. The normalized spacial score (nSPS) is 10.9. The highest BCUT2D eigenvalue weighted by Gasteiger charge is 2.03. The van der Waals surface area contributed by atoms with Gasteiger partial charge in [0.15, 0.2) is 0 Å². The number of aryl methyl sites for hydroxylation is 1. The maximum Gasteiger partial charge on any atom is 0.270 e. The maximum atomic E-state index is 11.6. The van der Waals surface area contributed by atoms with Gasteiger partial charge in [-0.2, -0.15) is 16.6 Å². The zero-order valence-corrected chi connectivity index (χ0v) is 10.7. The van der Waals surface area contributed by atoms with Crippen molar-refractivity contribution in [3.05, 3.63) is 28.0 Å². The number of thiophene rings is 1. The van der Waals surface area contributed by atoms with E-state index >= 15 is 0 Å². The third kappa shape index (κ3) is 3.24. The minimum absolute atomic E-state index is 0.170. The van der Waals surface area contributed by atoms with E-state index in [1.165, 1.54) is 11.6 Å². The molecule has 0 radical (unpaired) electrons. The summed E-state index contributed by atoms with van der Waals surface area (Å²) in [5, 5.41) is 19.5. The fourth-order valence-corrected chi connectivity index (χ4v) is 2.35. The quantitative estimate of drug-likeness (QED) is 0.806. The number of nitrogens with zero attached hydrogens (tertiary/aromatic N) is 3. The van der Waals surface area contributed by atoms with Crippen molar-refractivity contribution in [1.82, 2.24) is 20.6 Å². The summed E-state index contributed by atoms with van der Waals surface area (Å²) in [4.78, 5) is 11.6. The van der Waals surface area contributed by atoms with Crippen LogP contribution in [0.3, 0.4) is 0 Å². The third-order valence-corrected chi connectivity index (χ3v) is 3.10. The molecule has 2 aromatic heterocycles. The summed E-state index contributed by atoms with van der Waals surface area (Å²) in [6, 6.07) is 0. The number of nitrogens with one attached hydrogen (secondary N) is 2. The van der Waals surface area contributed by atoms with Crippen molar-refractivity contribution in [2.75, 3.05) is 5.32 Å². The molecule has 0 fully saturated rings. The molecule has 18 heavy (non-hydrogen) atoms. The Hall–Kier alpha value is -2.02. The van der Waals surface area contributed by atoms with Gasteiger partial charge in [-0.15, -0.1) is 5.10 Å². The molecule has 0 aliphatic rings. The molecule has 0 aliphatic heterocycles. The summed E-state index contributed by atoms with van der Waals surface area (Å²) in [6.45, 7) is 2.13. The Balaban J connectivity index is 1.97. The lowest BCUT2D eigenvalue weighted by Crippen LogP contribution is -2.09. The summed E-state index contributed by atoms with van der Waals surface area (Å²) in [7, 11) is 0. The Bertz CT molecular complexity index is 531. The summed E-state index contributed by atoms with van der Waals surface area (Å²) in [5.74, 6) is -0.103. The van der Waals surface area contributed by atoms with Gasteiger partial charge >= 0.3 is 0 Å². The Morgan fingerprint density at radius 2 is 2.44 bits per heavy atom. The van der Waals surface area contributed by atoms with E-state index in [0.29, 0.717) is 0 Å². The van der Waals surface area contributed by atoms with Gasteiger partial charge in [-0.05, 0) is 39.6 Å². The number of carbonyl (C=O) groups excluding carboxylic acids is 1. The van der Waals surface area contributed by atoms with Gasteiger partial charge in [-0.1, -0.05) is 18.4 Å². The van der Waals surface area contributed by atoms with Crippen LogP contribution < -0.4 is 5.32 Å². The SMILES string of the molecule is CCCc1cscc1C=CC(=O)Nc1nn[nH]n1. The fraction of sp³-hybridized carbons (Fsp3) is 0.273. The zero-order chi connectivity index (χ0) is 12.8. The van der Waals surface area contributed by atoms with Crippen LogP contribution in [0, 0.1) is 0 Å². The maximum absolute atomic E-state index is 11.6. The molecule has 2 N–H and O–H groups in total. The standard InChI is InChI=1S/C11H13N5OS/c1-2-3-8-6-18-7-9(8)4-5-10(17)12-11-13-15-16-14-11/h4-7H,2-3H2,1H3,(H2,12,13,14,15,16,17). The summed E-state index contributed by atoms with van der Waals surface area (Å²) in [5.41, 5.74) is 2.36. The number of tetrazole rings is 1. The first-order valence-electron chi connectivity index (χ1n) is 5.57. The Labute approximate surface area is 108 Å². The van der Waals surface area contributed by atoms with E-state index in [9.17, 15) is 4.79 Å². The minimum atomic E-state index is -0.273. The van der Waals surface area contributed by atoms with Crippen LogP contribution in [0.1, 0.15) is 24.5 Å². The third-order valence-electron chi connectivity index (χ3n) is 2.29. The van der Waals surface area contributed by atoms with Crippen molar-refractivity contribution in [2.24, 2.45) is 0 Å². The highest BCUT2D eigenvalue weighted by Crippen LogP contribution is 2.18. The smallest absolute Gasteiger partial charge is 0.270 e. The van der Waals surface area contributed by atoms with Gasteiger partial charge in [0.05, 0.1) is 0 Å². The van der Waals surface area contributed by atoms with E-state index < -0.39 is 0 Å². The molecule has 0 aliphatic carbocycles. The van der Waals surface area contributed by atoms with Crippen LogP contribution in [-0.2, 0) is 11.2 Å². The first-order chi connectivity index (χ1) is 8.79. The lowest BCUT2D eigenvalue weighted by Gasteiger charge is -1.96. The van der Waals surface area contributed by atoms with E-state index in [1.54, 1.807) is 17.4 Å². The summed E-state index contributed by atoms with van der Waals surface area (Å²) in [6.07, 6.45) is 5.39. The topological polar surface area (TPSA) is 83.6 Å². The minimum Gasteiger partial charge on any atom is -0.288 e. The van der Waals surface area contributed by atoms with Gasteiger partial charge in [0.2, 0.25) is 0 Å². The predicted octanol–water partition coefficient (Wildman–Crippen LogP) is 1.87. The molecule has 0 atom stereocenters. The molecule has 0 saturated carbocycles. The van der Waals surface area contributed by atoms with Crippen LogP contribution in [-0.4, -0.2) is 26.5 Å². The number of rotatable bonds is 5. The molecule has 94 valence electrons. The van der Waals surface area contributed by atoms with Crippen molar-refractivity contribution in [2.45, 2.75) is 19.8 Å². The molecule has 7 heteroatoms. The lowest BCUT2D eigenvalue weighted by atomic mass is 10.1. The number of carbonyl (C=O) groups is 1. The molecule has 2 rings (SSSR count). The monoisotopic (exact) mass is 263 g/mol. The van der Waals surface area contributed by atoms with Crippen molar-refractivity contribution in [3.8, 4) is 0 Å². The Morgan fingerprint density at radius 3 is 3.17 bits per heavy atom. The van der Waals surface area contributed by atoms with E-state index in [2.05, 4.69) is 38.2 Å². The number of aromatic amines is 1. The largest absolute Gasteiger partial charge is 0.288 e. The second-order valence-corrected chi connectivity index (χ2v) is 4.40. The Kier molecular flexibility index (Phi) is 4.19. The van der Waals surface area contributed by atoms with E-state index in [0.717, 1.165) is 18.4 Å². The highest BCUT2D eigenvalue weighted by atomic mass is 32.1. The van der Waals surface area contributed by atoms with Gasteiger partial charge in [-0.25, -0.2) is 0 Å². The van der Waals surface area contributed by atoms with Gasteiger partial charge in [0.25, 0.3) is 11.9 Å². The molecule has 0 spiro atoms. The molecule has 6 nitrogen and oxygen atoms in total. The van der Waals surface area contributed by atoms with Crippen LogP contribution in [0.4, 0.5) is 5.95 Å². The van der Waals surface area contributed by atoms with Crippen molar-refractivity contribution >= 4 is 29.3 Å². The first kappa shape index (κ1) is 12.4. The second-order valence-electron chi connectivity index (χ2n) is 3.66. The van der Waals surface area contributed by atoms with Gasteiger partial charge in [-0.3, -0.25) is 10.1 Å². The number of hydrogen-bond acceptors (Lipinski definition) is 5. The molecule has 0 bridgehead atoms. The number of anilines is 1. The molecule has 2 aromatic rings. The van der Waals surface area contributed by atoms with E-state index in [-0.39, 0.29) is 11.9 Å². The molecular formula is C11H13N5OS. The van der Waals surface area contributed by atoms with Crippen molar-refractivity contribution in [3.63, 3.8) is 0 Å². The van der Waals surface area contributed by atoms with Crippen LogP contribution in [0.25, 0.3) is 6.08 Å². The molecule has 2 heterocycles. The highest BCUT2D eigenvalue weighted by molar-refractivity contribution is 7.08. The molecule has 0 unspecified atom stereocenters. The summed E-state index contributed by atoms with van der Waals surface area (Å²) >= 11 is 1.64. The van der Waals surface area contributed by atoms with Gasteiger partial charge in [0, 0.05) is 6.08 Å². The van der Waals surface area contributed by atoms with Crippen LogP contribution in [0.15, 0.2) is 16.8 Å². The van der Waals surface area contributed by atoms with Crippen LogP contribution in [0.2, 0.25) is 0 Å². The number of H-pyrrole nitrogens is 1. The van der Waals surface area contributed by atoms with Crippen LogP contribution in [0.5, 0.6) is 0 Å². The molecule has 0 saturated heterocycles. The second kappa shape index (κ2) is 6.06. The van der Waals surface area contributed by atoms with Crippen LogP contribution >= 0.6 is 11.3 Å². The number of aromatic nitrogens is 4. The molecule has 1 amide bonds. The predicted molar refractivity (Wildman–Crippen MR) is 70.2 cm³/mol. The first-order valence-corrected chi connectivity index (χ1v) is 6.51. The van der Waals surface area contributed by atoms with Gasteiger partial charge in [0.1, 0.15) is 0 Å². The van der Waals surface area contributed by atoms with Crippen molar-refractivity contribution < 1.29 is 4.79 Å². The zero-order valence-electron chi connectivity index (χ0n) is 9.88. The number of amides is 1. The van der Waals surface area contributed by atoms with Gasteiger partial charge < -0.3 is 0 Å². The lowest BCUT2D eigenvalue weighted by molar-refractivity contribution is -0.111. The molecular weight excluding hydrogens is 250 g/mol. The average Bonchev–Trinajstić information content (AvgIpc) is 2.99. The van der Waals surface area contributed by atoms with E-state index in [1.807, 2.05) is 5.38 Å². The van der Waals surface area contributed by atoms with E-state index in [4.69, 9.17) is 0 Å². The number of hydrogen-bond donors (Lipinski definition) is 2.